The minimum absolute atomic E-state index is 0.0250. The molecule has 0 bridgehead atoms. The standard InChI is InChI=1S/C13H17N3/c1-12(2)9-13(10-14,5-8-16-12)11-3-6-15-7-4-11/h3-4,6-7,16H,5,8-9H2,1-2H3. The summed E-state index contributed by atoms with van der Waals surface area (Å²) in [5, 5.41) is 13.0. The minimum atomic E-state index is -0.350. The fraction of sp³-hybridized carbons (Fsp3) is 0.538. The van der Waals surface area contributed by atoms with E-state index in [9.17, 15) is 5.26 Å². The van der Waals surface area contributed by atoms with Crippen LogP contribution in [0, 0.1) is 11.3 Å². The summed E-state index contributed by atoms with van der Waals surface area (Å²) >= 11 is 0. The Hall–Kier alpha value is -1.40. The quantitative estimate of drug-likeness (QED) is 0.779. The lowest BCUT2D eigenvalue weighted by Gasteiger charge is -2.41. The molecule has 3 nitrogen and oxygen atoms in total. The van der Waals surface area contributed by atoms with E-state index in [1.165, 1.54) is 0 Å². The zero-order valence-corrected chi connectivity index (χ0v) is 9.83. The Bertz CT molecular complexity index is 405. The van der Waals surface area contributed by atoms with E-state index in [1.807, 2.05) is 12.1 Å². The summed E-state index contributed by atoms with van der Waals surface area (Å²) in [5.74, 6) is 0. The predicted molar refractivity (Wildman–Crippen MR) is 62.8 cm³/mol. The highest BCUT2D eigenvalue weighted by Crippen LogP contribution is 2.38. The Balaban J connectivity index is 2.38. The lowest BCUT2D eigenvalue weighted by atomic mass is 9.69. The summed E-state index contributed by atoms with van der Waals surface area (Å²) in [7, 11) is 0. The van der Waals surface area contributed by atoms with Crippen molar-refractivity contribution in [2.75, 3.05) is 6.54 Å². The van der Waals surface area contributed by atoms with Gasteiger partial charge in [0.25, 0.3) is 0 Å². The third-order valence-corrected chi connectivity index (χ3v) is 3.35. The van der Waals surface area contributed by atoms with Gasteiger partial charge in [0, 0.05) is 17.9 Å². The van der Waals surface area contributed by atoms with Gasteiger partial charge in [0.2, 0.25) is 0 Å². The summed E-state index contributed by atoms with van der Waals surface area (Å²) < 4.78 is 0. The topological polar surface area (TPSA) is 48.7 Å². The fourth-order valence-electron chi connectivity index (χ4n) is 2.60. The molecule has 0 aliphatic carbocycles. The summed E-state index contributed by atoms with van der Waals surface area (Å²) in [6.45, 7) is 5.20. The van der Waals surface area contributed by atoms with Gasteiger partial charge in [0.15, 0.2) is 0 Å². The van der Waals surface area contributed by atoms with E-state index in [1.54, 1.807) is 12.4 Å². The van der Waals surface area contributed by atoms with E-state index in [-0.39, 0.29) is 11.0 Å². The van der Waals surface area contributed by atoms with E-state index in [2.05, 4.69) is 30.2 Å². The van der Waals surface area contributed by atoms with E-state index < -0.39 is 0 Å². The van der Waals surface area contributed by atoms with Crippen molar-refractivity contribution in [1.29, 1.82) is 5.26 Å². The van der Waals surface area contributed by atoms with Gasteiger partial charge in [-0.15, -0.1) is 0 Å². The maximum atomic E-state index is 9.53. The second-order valence-corrected chi connectivity index (χ2v) is 5.17. The number of hydrogen-bond donors (Lipinski definition) is 1. The first kappa shape index (κ1) is 11.1. The first-order valence-corrected chi connectivity index (χ1v) is 5.65. The van der Waals surface area contributed by atoms with Crippen molar-refractivity contribution >= 4 is 0 Å². The third kappa shape index (κ3) is 1.94. The number of hydrogen-bond acceptors (Lipinski definition) is 3. The number of nitrogens with one attached hydrogen (secondary N) is 1. The first-order chi connectivity index (χ1) is 7.58. The largest absolute Gasteiger partial charge is 0.312 e. The van der Waals surface area contributed by atoms with Crippen LogP contribution in [0.3, 0.4) is 0 Å². The lowest BCUT2D eigenvalue weighted by Crippen LogP contribution is -2.52. The predicted octanol–water partition coefficient (Wildman–Crippen LogP) is 2.00. The monoisotopic (exact) mass is 215 g/mol. The molecule has 2 heterocycles. The van der Waals surface area contributed by atoms with Crippen molar-refractivity contribution in [1.82, 2.24) is 10.3 Å². The Morgan fingerprint density at radius 1 is 1.38 bits per heavy atom. The van der Waals surface area contributed by atoms with Crippen LogP contribution in [0.1, 0.15) is 32.3 Å². The van der Waals surface area contributed by atoms with Crippen LogP contribution in [0.15, 0.2) is 24.5 Å². The van der Waals surface area contributed by atoms with Crippen LogP contribution in [0.2, 0.25) is 0 Å². The van der Waals surface area contributed by atoms with Crippen LogP contribution < -0.4 is 5.32 Å². The average Bonchev–Trinajstić information content (AvgIpc) is 2.29. The van der Waals surface area contributed by atoms with Crippen molar-refractivity contribution in [3.8, 4) is 6.07 Å². The van der Waals surface area contributed by atoms with Crippen LogP contribution in [-0.2, 0) is 5.41 Å². The molecule has 1 aliphatic heterocycles. The van der Waals surface area contributed by atoms with Crippen LogP contribution in [-0.4, -0.2) is 17.1 Å². The molecule has 1 fully saturated rings. The van der Waals surface area contributed by atoms with Gasteiger partial charge in [-0.3, -0.25) is 4.98 Å². The number of pyridine rings is 1. The molecular weight excluding hydrogens is 198 g/mol. The number of aromatic nitrogens is 1. The zero-order valence-electron chi connectivity index (χ0n) is 9.83. The molecule has 2 rings (SSSR count). The van der Waals surface area contributed by atoms with E-state index in [0.717, 1.165) is 24.9 Å². The highest BCUT2D eigenvalue weighted by molar-refractivity contribution is 5.32. The van der Waals surface area contributed by atoms with E-state index >= 15 is 0 Å². The molecule has 1 atom stereocenters. The number of nitriles is 1. The molecule has 84 valence electrons. The molecule has 16 heavy (non-hydrogen) atoms. The van der Waals surface area contributed by atoms with Crippen molar-refractivity contribution in [3.05, 3.63) is 30.1 Å². The second-order valence-electron chi connectivity index (χ2n) is 5.17. The smallest absolute Gasteiger partial charge is 0.0852 e. The first-order valence-electron chi connectivity index (χ1n) is 5.65. The average molecular weight is 215 g/mol. The molecule has 0 radical (unpaired) electrons. The van der Waals surface area contributed by atoms with Gasteiger partial charge < -0.3 is 5.32 Å². The maximum Gasteiger partial charge on any atom is 0.0852 e. The fourth-order valence-corrected chi connectivity index (χ4v) is 2.60. The van der Waals surface area contributed by atoms with Gasteiger partial charge in [-0.1, -0.05) is 0 Å². The minimum Gasteiger partial charge on any atom is -0.312 e. The molecule has 0 aromatic carbocycles. The molecule has 0 spiro atoms. The number of rotatable bonds is 1. The molecule has 0 amide bonds. The number of nitrogens with zero attached hydrogens (tertiary/aromatic N) is 2. The van der Waals surface area contributed by atoms with Crippen LogP contribution in [0.4, 0.5) is 0 Å². The van der Waals surface area contributed by atoms with Crippen molar-refractivity contribution in [2.45, 2.75) is 37.6 Å². The summed E-state index contributed by atoms with van der Waals surface area (Å²) in [5.41, 5.74) is 0.772. The second kappa shape index (κ2) is 3.88. The maximum absolute atomic E-state index is 9.53. The van der Waals surface area contributed by atoms with Gasteiger partial charge in [-0.05, 0) is 50.9 Å². The van der Waals surface area contributed by atoms with Gasteiger partial charge in [0.1, 0.15) is 0 Å². The molecule has 1 saturated heterocycles. The highest BCUT2D eigenvalue weighted by atomic mass is 15.0. The molecule has 1 aromatic rings. The summed E-state index contributed by atoms with van der Waals surface area (Å²) in [4.78, 5) is 4.02. The van der Waals surface area contributed by atoms with Gasteiger partial charge in [-0.25, -0.2) is 0 Å². The molecular formula is C13H17N3. The van der Waals surface area contributed by atoms with Crippen molar-refractivity contribution in [2.24, 2.45) is 0 Å². The van der Waals surface area contributed by atoms with Crippen molar-refractivity contribution in [3.63, 3.8) is 0 Å². The van der Waals surface area contributed by atoms with E-state index in [4.69, 9.17) is 0 Å². The van der Waals surface area contributed by atoms with Gasteiger partial charge in [0.05, 0.1) is 11.5 Å². The van der Waals surface area contributed by atoms with Crippen LogP contribution >= 0.6 is 0 Å². The van der Waals surface area contributed by atoms with Gasteiger partial charge >= 0.3 is 0 Å². The number of piperidine rings is 1. The van der Waals surface area contributed by atoms with Gasteiger partial charge in [-0.2, -0.15) is 5.26 Å². The summed E-state index contributed by atoms with van der Waals surface area (Å²) in [6.07, 6.45) is 5.25. The Morgan fingerprint density at radius 3 is 2.62 bits per heavy atom. The normalized spacial score (nSPS) is 28.3. The van der Waals surface area contributed by atoms with E-state index in [0.29, 0.717) is 0 Å². The molecule has 1 aliphatic rings. The highest BCUT2D eigenvalue weighted by Gasteiger charge is 2.41. The Morgan fingerprint density at radius 2 is 2.06 bits per heavy atom. The third-order valence-electron chi connectivity index (χ3n) is 3.35. The molecule has 1 N–H and O–H groups in total. The Labute approximate surface area is 96.5 Å². The van der Waals surface area contributed by atoms with Crippen LogP contribution in [0.25, 0.3) is 0 Å². The van der Waals surface area contributed by atoms with Crippen molar-refractivity contribution < 1.29 is 0 Å². The zero-order chi connectivity index (χ0) is 11.6. The Kier molecular flexibility index (Phi) is 2.69. The van der Waals surface area contributed by atoms with Crippen LogP contribution in [0.5, 0.6) is 0 Å². The SMILES string of the molecule is CC1(C)CC(C#N)(c2ccncc2)CCN1. The molecule has 0 saturated carbocycles. The lowest BCUT2D eigenvalue weighted by molar-refractivity contribution is 0.233. The summed E-state index contributed by atoms with van der Waals surface area (Å²) in [6, 6.07) is 6.45. The molecule has 1 aromatic heterocycles. The molecule has 3 heteroatoms. The molecule has 1 unspecified atom stereocenters.